The first-order valence-electron chi connectivity index (χ1n) is 8.58. The van der Waals surface area contributed by atoms with Crippen molar-refractivity contribution in [2.45, 2.75) is 44.7 Å². The van der Waals surface area contributed by atoms with Gasteiger partial charge in [-0.3, -0.25) is 0 Å². The number of likely N-dealkylation sites (tertiary alicyclic amines) is 1. The van der Waals surface area contributed by atoms with E-state index < -0.39 is 0 Å². The lowest BCUT2D eigenvalue weighted by atomic mass is 9.93. The Labute approximate surface area is 137 Å². The van der Waals surface area contributed by atoms with Gasteiger partial charge >= 0.3 is 6.09 Å². The Morgan fingerprint density at radius 1 is 1.39 bits per heavy atom. The minimum absolute atomic E-state index is 0.183. The van der Waals surface area contributed by atoms with Crippen molar-refractivity contribution < 1.29 is 14.3 Å². The number of piperidine rings is 1. The molecule has 5 heteroatoms. The molecular weight excluding hydrogens is 292 g/mol. The molecule has 1 fully saturated rings. The van der Waals surface area contributed by atoms with Crippen LogP contribution in [0.1, 0.15) is 38.2 Å². The highest BCUT2D eigenvalue weighted by atomic mass is 16.6. The number of carbonyl (C=O) groups is 1. The smallest absolute Gasteiger partial charge is 0.409 e. The van der Waals surface area contributed by atoms with Crippen LogP contribution in [0.15, 0.2) is 24.3 Å². The first kappa shape index (κ1) is 16.1. The second-order valence-corrected chi connectivity index (χ2v) is 6.37. The van der Waals surface area contributed by atoms with Crippen molar-refractivity contribution in [3.05, 3.63) is 29.8 Å². The van der Waals surface area contributed by atoms with Crippen molar-refractivity contribution in [3.63, 3.8) is 0 Å². The Kier molecular flexibility index (Phi) is 5.06. The van der Waals surface area contributed by atoms with Gasteiger partial charge < -0.3 is 19.7 Å². The molecule has 0 unspecified atom stereocenters. The molecule has 3 rings (SSSR count). The van der Waals surface area contributed by atoms with Crippen LogP contribution in [0.25, 0.3) is 0 Å². The number of carbonyl (C=O) groups excluding carboxylic acids is 1. The van der Waals surface area contributed by atoms with Crippen molar-refractivity contribution in [2.24, 2.45) is 0 Å². The molecule has 0 aliphatic carbocycles. The molecule has 2 aliphatic rings. The average molecular weight is 318 g/mol. The monoisotopic (exact) mass is 318 g/mol. The molecule has 0 saturated carbocycles. The predicted molar refractivity (Wildman–Crippen MR) is 88.9 cm³/mol. The molecular formula is C18H26N2O3. The van der Waals surface area contributed by atoms with Gasteiger partial charge in [-0.05, 0) is 32.8 Å². The Bertz CT molecular complexity index is 541. The highest BCUT2D eigenvalue weighted by molar-refractivity contribution is 5.67. The zero-order valence-corrected chi connectivity index (χ0v) is 14.0. The molecule has 1 amide bonds. The zero-order chi connectivity index (χ0) is 16.2. The fraction of sp³-hybridized carbons (Fsp3) is 0.611. The molecule has 1 aromatic carbocycles. The number of benzene rings is 1. The van der Waals surface area contributed by atoms with Gasteiger partial charge in [-0.2, -0.15) is 0 Å². The number of rotatable bonds is 4. The molecule has 0 bridgehead atoms. The van der Waals surface area contributed by atoms with Gasteiger partial charge in [0.15, 0.2) is 0 Å². The van der Waals surface area contributed by atoms with E-state index in [4.69, 9.17) is 9.47 Å². The standard InChI is InChI=1S/C18H26N2O3/c1-3-22-18(21)20-10-8-14(9-11-20)19-13(2)16-12-23-17-7-5-4-6-15(16)17/h4-7,13-14,16,19H,3,8-12H2,1-2H3/t13-,16-/m0/s1. The van der Waals surface area contributed by atoms with E-state index in [1.54, 1.807) is 4.90 Å². The van der Waals surface area contributed by atoms with E-state index in [0.717, 1.165) is 38.3 Å². The van der Waals surface area contributed by atoms with Crippen LogP contribution in [0, 0.1) is 0 Å². The summed E-state index contributed by atoms with van der Waals surface area (Å²) in [5.74, 6) is 1.41. The summed E-state index contributed by atoms with van der Waals surface area (Å²) in [7, 11) is 0. The lowest BCUT2D eigenvalue weighted by molar-refractivity contribution is 0.0939. The van der Waals surface area contributed by atoms with E-state index in [9.17, 15) is 4.79 Å². The highest BCUT2D eigenvalue weighted by Gasteiger charge is 2.31. The normalized spacial score (nSPS) is 22.3. The van der Waals surface area contributed by atoms with Crippen molar-refractivity contribution >= 4 is 6.09 Å². The molecule has 5 nitrogen and oxygen atoms in total. The number of hydrogen-bond acceptors (Lipinski definition) is 4. The SMILES string of the molecule is CCOC(=O)N1CCC(N[C@@H](C)[C@@H]2COc3ccccc32)CC1. The van der Waals surface area contributed by atoms with Gasteiger partial charge in [0.25, 0.3) is 0 Å². The molecule has 2 aliphatic heterocycles. The lowest BCUT2D eigenvalue weighted by Crippen LogP contribution is -2.48. The minimum atomic E-state index is -0.183. The van der Waals surface area contributed by atoms with Crippen LogP contribution in [-0.2, 0) is 4.74 Å². The maximum absolute atomic E-state index is 11.7. The van der Waals surface area contributed by atoms with Crippen molar-refractivity contribution in [1.82, 2.24) is 10.2 Å². The van der Waals surface area contributed by atoms with Gasteiger partial charge in [0.05, 0.1) is 13.2 Å². The number of amides is 1. The Balaban J connectivity index is 1.50. The van der Waals surface area contributed by atoms with E-state index in [1.165, 1.54) is 5.56 Å². The first-order chi connectivity index (χ1) is 11.2. The van der Waals surface area contributed by atoms with Gasteiger partial charge in [-0.25, -0.2) is 4.79 Å². The molecule has 0 aromatic heterocycles. The average Bonchev–Trinajstić information content (AvgIpc) is 3.00. The molecule has 1 N–H and O–H groups in total. The van der Waals surface area contributed by atoms with E-state index in [2.05, 4.69) is 24.4 Å². The zero-order valence-electron chi connectivity index (χ0n) is 14.0. The van der Waals surface area contributed by atoms with Gasteiger partial charge in [-0.1, -0.05) is 18.2 Å². The number of nitrogens with zero attached hydrogens (tertiary/aromatic N) is 1. The molecule has 1 saturated heterocycles. The molecule has 0 radical (unpaired) electrons. The number of fused-ring (bicyclic) bond motifs is 1. The fourth-order valence-electron chi connectivity index (χ4n) is 3.53. The van der Waals surface area contributed by atoms with Crippen molar-refractivity contribution in [1.29, 1.82) is 0 Å². The predicted octanol–water partition coefficient (Wildman–Crippen LogP) is 2.76. The lowest BCUT2D eigenvalue weighted by Gasteiger charge is -2.34. The second kappa shape index (κ2) is 7.21. The summed E-state index contributed by atoms with van der Waals surface area (Å²) in [5.41, 5.74) is 1.30. The van der Waals surface area contributed by atoms with E-state index in [-0.39, 0.29) is 6.09 Å². The Morgan fingerprint density at radius 2 is 2.13 bits per heavy atom. The van der Waals surface area contributed by atoms with E-state index >= 15 is 0 Å². The summed E-state index contributed by atoms with van der Waals surface area (Å²) in [6.45, 7) is 6.79. The van der Waals surface area contributed by atoms with Gasteiger partial charge in [0.1, 0.15) is 5.75 Å². The van der Waals surface area contributed by atoms with Gasteiger partial charge in [-0.15, -0.1) is 0 Å². The summed E-state index contributed by atoms with van der Waals surface area (Å²) in [6.07, 6.45) is 1.76. The topological polar surface area (TPSA) is 50.8 Å². The summed E-state index contributed by atoms with van der Waals surface area (Å²) in [4.78, 5) is 13.5. The molecule has 2 atom stereocenters. The molecule has 2 heterocycles. The summed E-state index contributed by atoms with van der Waals surface area (Å²) in [5, 5.41) is 3.73. The van der Waals surface area contributed by atoms with Crippen molar-refractivity contribution in [2.75, 3.05) is 26.3 Å². The summed E-state index contributed by atoms with van der Waals surface area (Å²) >= 11 is 0. The molecule has 126 valence electrons. The quantitative estimate of drug-likeness (QED) is 0.927. The van der Waals surface area contributed by atoms with Crippen LogP contribution in [0.5, 0.6) is 5.75 Å². The van der Waals surface area contributed by atoms with Crippen LogP contribution in [0.2, 0.25) is 0 Å². The van der Waals surface area contributed by atoms with Gasteiger partial charge in [0.2, 0.25) is 0 Å². The first-order valence-corrected chi connectivity index (χ1v) is 8.58. The minimum Gasteiger partial charge on any atom is -0.493 e. The van der Waals surface area contributed by atoms with Crippen LogP contribution in [-0.4, -0.2) is 49.4 Å². The van der Waals surface area contributed by atoms with Crippen LogP contribution >= 0.6 is 0 Å². The third-order valence-electron chi connectivity index (χ3n) is 4.86. The maximum atomic E-state index is 11.7. The third kappa shape index (κ3) is 3.61. The summed E-state index contributed by atoms with van der Waals surface area (Å²) in [6, 6.07) is 9.10. The summed E-state index contributed by atoms with van der Waals surface area (Å²) < 4.78 is 10.9. The molecule has 0 spiro atoms. The number of hydrogen-bond donors (Lipinski definition) is 1. The van der Waals surface area contributed by atoms with Crippen LogP contribution in [0.3, 0.4) is 0 Å². The Morgan fingerprint density at radius 3 is 2.87 bits per heavy atom. The van der Waals surface area contributed by atoms with Crippen molar-refractivity contribution in [3.8, 4) is 5.75 Å². The fourth-order valence-corrected chi connectivity index (χ4v) is 3.53. The van der Waals surface area contributed by atoms with Crippen LogP contribution < -0.4 is 10.1 Å². The Hall–Kier alpha value is -1.75. The number of nitrogens with one attached hydrogen (secondary N) is 1. The third-order valence-corrected chi connectivity index (χ3v) is 4.86. The number of ether oxygens (including phenoxy) is 2. The second-order valence-electron chi connectivity index (χ2n) is 6.37. The van der Waals surface area contributed by atoms with E-state index in [1.807, 2.05) is 19.1 Å². The van der Waals surface area contributed by atoms with Gasteiger partial charge in [0, 0.05) is 36.7 Å². The molecule has 23 heavy (non-hydrogen) atoms. The maximum Gasteiger partial charge on any atom is 0.409 e. The number of para-hydroxylation sites is 1. The highest BCUT2D eigenvalue weighted by Crippen LogP contribution is 2.35. The molecule has 1 aromatic rings. The van der Waals surface area contributed by atoms with E-state index in [0.29, 0.717) is 24.6 Å². The largest absolute Gasteiger partial charge is 0.493 e. The van der Waals surface area contributed by atoms with Crippen LogP contribution in [0.4, 0.5) is 4.79 Å².